The van der Waals surface area contributed by atoms with Gasteiger partial charge in [-0.05, 0) is 72.8 Å². The third-order valence-electron chi connectivity index (χ3n) is 15.5. The lowest BCUT2D eigenvalue weighted by atomic mass is 10.1. The fourth-order valence-corrected chi connectivity index (χ4v) is 12.2. The maximum Gasteiger partial charge on any atom is 0.241 e. The molecule has 0 saturated carbocycles. The van der Waals surface area contributed by atoms with Gasteiger partial charge in [0.05, 0.1) is 55.2 Å². The topological polar surface area (TPSA) is 102 Å². The average molecular weight is 986 g/mol. The summed E-state index contributed by atoms with van der Waals surface area (Å²) in [5.74, 6) is 3.07. The average Bonchev–Trinajstić information content (AvgIpc) is 4.48. The first-order chi connectivity index (χ1) is 38.2. The SMILES string of the molecule is c1ccc2c(c1)c1ccccc1n2-c1nc(-c2ccc3c(c2)c2ccccc2n3-c2nc(-n3c4ccccc4c4ccccc43)nc(-n3c4ccccc4c4ccccc43)n2)nc(-n2c3ccccc3c3ccccc32)n1. The van der Waals surface area contributed by atoms with Crippen molar-refractivity contribution in [3.63, 3.8) is 0 Å². The molecule has 0 radical (unpaired) electrons. The number of nitrogens with zero attached hydrogens (tertiary/aromatic N) is 11. The Morgan fingerprint density at radius 3 is 0.623 bits per heavy atom. The molecule has 17 aromatic rings. The van der Waals surface area contributed by atoms with Crippen molar-refractivity contribution in [2.45, 2.75) is 0 Å². The standard InChI is InChI=1S/C66H39N11/c1-10-28-51-41(19-1)42-20-2-11-29-52(42)73(51)62-67-61(68-63(69-62)74-53-30-12-3-21-43(53)44-22-4-13-31-54(44)74)40-37-38-60-50(39-40)49-27-9-18-36-59(49)77(60)66-71-64(75-55-32-14-5-23-45(55)46-24-6-15-33-56(46)75)70-65(72-66)76-57-34-16-7-25-47(57)48-26-8-17-35-58(48)76/h1-39H. The molecule has 11 heteroatoms. The molecule has 0 N–H and O–H groups in total. The van der Waals surface area contributed by atoms with E-state index in [1.165, 1.54) is 0 Å². The Morgan fingerprint density at radius 2 is 0.377 bits per heavy atom. The molecular formula is C66H39N11. The zero-order chi connectivity index (χ0) is 50.3. The van der Waals surface area contributed by atoms with Gasteiger partial charge >= 0.3 is 0 Å². The molecule has 0 unspecified atom stereocenters. The summed E-state index contributed by atoms with van der Waals surface area (Å²) in [5.41, 5.74) is 10.7. The van der Waals surface area contributed by atoms with Gasteiger partial charge in [-0.3, -0.25) is 22.8 Å². The van der Waals surface area contributed by atoms with Crippen LogP contribution in [0.4, 0.5) is 0 Å². The predicted molar refractivity (Wildman–Crippen MR) is 310 cm³/mol. The Labute approximate surface area is 437 Å². The molecule has 0 bridgehead atoms. The van der Waals surface area contributed by atoms with E-state index in [4.69, 9.17) is 29.9 Å². The van der Waals surface area contributed by atoms with Gasteiger partial charge in [-0.2, -0.15) is 29.9 Å². The van der Waals surface area contributed by atoms with Gasteiger partial charge in [-0.1, -0.05) is 164 Å². The molecule has 0 atom stereocenters. The van der Waals surface area contributed by atoms with Crippen molar-refractivity contribution in [1.29, 1.82) is 0 Å². The number of hydrogen-bond acceptors (Lipinski definition) is 6. The molecule has 7 aromatic heterocycles. The Hall–Kier alpha value is -10.8. The minimum atomic E-state index is 0.482. The molecule has 0 aliphatic rings. The molecule has 0 spiro atoms. The predicted octanol–water partition coefficient (Wildman–Crippen LogP) is 15.2. The van der Waals surface area contributed by atoms with E-state index >= 15 is 0 Å². The number of fused-ring (bicyclic) bond motifs is 15. The van der Waals surface area contributed by atoms with Crippen LogP contribution in [0.15, 0.2) is 237 Å². The summed E-state index contributed by atoms with van der Waals surface area (Å²) < 4.78 is 10.8. The Kier molecular flexibility index (Phi) is 8.58. The first-order valence-electron chi connectivity index (χ1n) is 25.7. The van der Waals surface area contributed by atoms with E-state index in [0.29, 0.717) is 35.6 Å². The van der Waals surface area contributed by atoms with Crippen LogP contribution >= 0.6 is 0 Å². The number of hydrogen-bond donors (Lipinski definition) is 0. The second-order valence-electron chi connectivity index (χ2n) is 19.6. The number of benzene rings is 10. The third kappa shape index (κ3) is 5.96. The van der Waals surface area contributed by atoms with Gasteiger partial charge in [0.15, 0.2) is 5.82 Å². The first-order valence-corrected chi connectivity index (χ1v) is 25.7. The highest BCUT2D eigenvalue weighted by molar-refractivity contribution is 6.13. The lowest BCUT2D eigenvalue weighted by Gasteiger charge is -2.14. The highest BCUT2D eigenvalue weighted by Gasteiger charge is 2.25. The van der Waals surface area contributed by atoms with Crippen LogP contribution in [0.3, 0.4) is 0 Å². The van der Waals surface area contributed by atoms with Gasteiger partial charge in [0.25, 0.3) is 0 Å². The molecule has 0 aliphatic carbocycles. The van der Waals surface area contributed by atoms with Crippen molar-refractivity contribution < 1.29 is 0 Å². The van der Waals surface area contributed by atoms with Crippen molar-refractivity contribution in [3.05, 3.63) is 237 Å². The smallest absolute Gasteiger partial charge is 0.241 e. The normalized spacial score (nSPS) is 12.2. The van der Waals surface area contributed by atoms with E-state index in [1.807, 2.05) is 0 Å². The van der Waals surface area contributed by atoms with Crippen LogP contribution in [-0.4, -0.2) is 52.7 Å². The van der Waals surface area contributed by atoms with Crippen molar-refractivity contribution in [1.82, 2.24) is 52.7 Å². The first kappa shape index (κ1) is 41.7. The fourth-order valence-electron chi connectivity index (χ4n) is 12.2. The van der Waals surface area contributed by atoms with Crippen LogP contribution in [0.25, 0.3) is 150 Å². The Morgan fingerprint density at radius 1 is 0.182 bits per heavy atom. The van der Waals surface area contributed by atoms with Crippen LogP contribution in [0.5, 0.6) is 0 Å². The fraction of sp³-hybridized carbons (Fsp3) is 0. The summed E-state index contributed by atoms with van der Waals surface area (Å²) in [6, 6.07) is 82.6. The molecule has 0 amide bonds. The summed E-state index contributed by atoms with van der Waals surface area (Å²) in [7, 11) is 0. The molecule has 0 fully saturated rings. The Balaban J connectivity index is 0.934. The van der Waals surface area contributed by atoms with Gasteiger partial charge in [0.1, 0.15) is 0 Å². The quantitative estimate of drug-likeness (QED) is 0.164. The molecule has 17 rings (SSSR count). The highest BCUT2D eigenvalue weighted by Crippen LogP contribution is 2.39. The van der Waals surface area contributed by atoms with Crippen molar-refractivity contribution >= 4 is 109 Å². The zero-order valence-electron chi connectivity index (χ0n) is 40.9. The second kappa shape index (κ2) is 15.9. The lowest BCUT2D eigenvalue weighted by molar-refractivity contribution is 0.848. The molecule has 358 valence electrons. The van der Waals surface area contributed by atoms with E-state index in [9.17, 15) is 0 Å². The molecule has 7 heterocycles. The van der Waals surface area contributed by atoms with Crippen LogP contribution in [0.2, 0.25) is 0 Å². The molecule has 77 heavy (non-hydrogen) atoms. The minimum Gasteiger partial charge on any atom is -0.278 e. The third-order valence-corrected chi connectivity index (χ3v) is 15.5. The van der Waals surface area contributed by atoms with Crippen LogP contribution in [0, 0.1) is 0 Å². The largest absolute Gasteiger partial charge is 0.278 e. The van der Waals surface area contributed by atoms with Gasteiger partial charge in [-0.25, -0.2) is 0 Å². The number of para-hydroxylation sites is 9. The van der Waals surface area contributed by atoms with E-state index in [-0.39, 0.29) is 0 Å². The van der Waals surface area contributed by atoms with E-state index < -0.39 is 0 Å². The molecule has 10 aromatic carbocycles. The lowest BCUT2D eigenvalue weighted by Crippen LogP contribution is -2.13. The molecule has 11 nitrogen and oxygen atoms in total. The van der Waals surface area contributed by atoms with E-state index in [0.717, 1.165) is 115 Å². The second-order valence-corrected chi connectivity index (χ2v) is 19.6. The molecular weight excluding hydrogens is 947 g/mol. The molecule has 0 aliphatic heterocycles. The van der Waals surface area contributed by atoms with Crippen molar-refractivity contribution in [2.24, 2.45) is 0 Å². The summed E-state index contributed by atoms with van der Waals surface area (Å²) in [6.45, 7) is 0. The summed E-state index contributed by atoms with van der Waals surface area (Å²) in [4.78, 5) is 32.7. The van der Waals surface area contributed by atoms with Crippen LogP contribution in [-0.2, 0) is 0 Å². The summed E-state index contributed by atoms with van der Waals surface area (Å²) >= 11 is 0. The maximum atomic E-state index is 5.50. The number of rotatable bonds is 6. The Bertz CT molecular complexity index is 4840. The van der Waals surface area contributed by atoms with Crippen molar-refractivity contribution in [3.8, 4) is 41.1 Å². The zero-order valence-corrected chi connectivity index (χ0v) is 40.9. The number of aromatic nitrogens is 11. The van der Waals surface area contributed by atoms with E-state index in [2.05, 4.69) is 259 Å². The van der Waals surface area contributed by atoms with Gasteiger partial charge < -0.3 is 0 Å². The van der Waals surface area contributed by atoms with Crippen LogP contribution < -0.4 is 0 Å². The van der Waals surface area contributed by atoms with Gasteiger partial charge in [0, 0.05) is 59.4 Å². The monoisotopic (exact) mass is 985 g/mol. The van der Waals surface area contributed by atoms with Gasteiger partial charge in [0.2, 0.25) is 29.7 Å². The highest BCUT2D eigenvalue weighted by atomic mass is 15.3. The minimum absolute atomic E-state index is 0.482. The van der Waals surface area contributed by atoms with Gasteiger partial charge in [-0.15, -0.1) is 0 Å². The van der Waals surface area contributed by atoms with E-state index in [1.54, 1.807) is 0 Å². The summed E-state index contributed by atoms with van der Waals surface area (Å²) in [6.07, 6.45) is 0. The maximum absolute atomic E-state index is 5.50. The summed E-state index contributed by atoms with van der Waals surface area (Å²) in [5, 5.41) is 11.0. The molecule has 0 saturated heterocycles. The van der Waals surface area contributed by atoms with Crippen LogP contribution in [0.1, 0.15) is 0 Å². The van der Waals surface area contributed by atoms with Crippen molar-refractivity contribution in [2.75, 3.05) is 0 Å².